The molecule has 2 aromatic rings. The van der Waals surface area contributed by atoms with Gasteiger partial charge < -0.3 is 9.64 Å². The molecule has 7 heteroatoms. The van der Waals surface area contributed by atoms with E-state index in [9.17, 15) is 9.18 Å². The fourth-order valence-corrected chi connectivity index (χ4v) is 3.84. The molecule has 1 unspecified atom stereocenters. The average molecular weight is 358 g/mol. The Morgan fingerprint density at radius 2 is 2.19 bits per heavy atom. The molecule has 1 aromatic heterocycles. The Kier molecular flexibility index (Phi) is 4.28. The number of carbonyl (C=O) groups is 1. The van der Waals surface area contributed by atoms with E-state index in [0.29, 0.717) is 12.2 Å². The van der Waals surface area contributed by atoms with Crippen LogP contribution in [0.15, 0.2) is 30.5 Å². The van der Waals surface area contributed by atoms with Gasteiger partial charge in [-0.1, -0.05) is 6.07 Å². The Labute approximate surface area is 152 Å². The Morgan fingerprint density at radius 3 is 2.92 bits per heavy atom. The summed E-state index contributed by atoms with van der Waals surface area (Å²) in [4.78, 5) is 16.3. The molecule has 2 saturated heterocycles. The number of rotatable bonds is 3. The van der Waals surface area contributed by atoms with Crippen molar-refractivity contribution in [2.45, 2.75) is 25.5 Å². The van der Waals surface area contributed by atoms with Crippen LogP contribution in [0.5, 0.6) is 0 Å². The van der Waals surface area contributed by atoms with Crippen LogP contribution in [-0.4, -0.2) is 52.4 Å². The molecule has 1 amide bonds. The molecule has 6 nitrogen and oxygen atoms in total. The molecule has 2 aliphatic heterocycles. The number of benzene rings is 1. The van der Waals surface area contributed by atoms with Gasteiger partial charge >= 0.3 is 0 Å². The van der Waals surface area contributed by atoms with E-state index >= 15 is 0 Å². The first-order chi connectivity index (χ1) is 12.5. The summed E-state index contributed by atoms with van der Waals surface area (Å²) < 4.78 is 21.4. The van der Waals surface area contributed by atoms with Crippen molar-refractivity contribution in [1.29, 1.82) is 0 Å². The Bertz CT molecular complexity index is 837. The SMILES string of the molecule is Cc1c(CN2CCC3(C2)CN(c2cccc(F)c2)C(=O)CO3)cnn1C. The minimum Gasteiger partial charge on any atom is -0.362 e. The van der Waals surface area contributed by atoms with Crippen LogP contribution in [0, 0.1) is 12.7 Å². The predicted octanol–water partition coefficient (Wildman–Crippen LogP) is 1.88. The van der Waals surface area contributed by atoms with Gasteiger partial charge in [-0.15, -0.1) is 0 Å². The monoisotopic (exact) mass is 358 g/mol. The predicted molar refractivity (Wildman–Crippen MR) is 95.3 cm³/mol. The summed E-state index contributed by atoms with van der Waals surface area (Å²) in [5.41, 5.74) is 2.57. The molecule has 0 saturated carbocycles. The normalized spacial score (nSPS) is 24.0. The highest BCUT2D eigenvalue weighted by molar-refractivity contribution is 5.95. The van der Waals surface area contributed by atoms with Gasteiger partial charge in [0.2, 0.25) is 0 Å². The van der Waals surface area contributed by atoms with Crippen LogP contribution in [0.4, 0.5) is 10.1 Å². The van der Waals surface area contributed by atoms with Gasteiger partial charge in [0.25, 0.3) is 5.91 Å². The fourth-order valence-electron chi connectivity index (χ4n) is 3.84. The second-order valence-corrected chi connectivity index (χ2v) is 7.27. The van der Waals surface area contributed by atoms with E-state index in [1.165, 1.54) is 17.7 Å². The highest BCUT2D eigenvalue weighted by atomic mass is 19.1. The minimum absolute atomic E-state index is 0.0380. The van der Waals surface area contributed by atoms with Gasteiger partial charge in [-0.3, -0.25) is 14.4 Å². The van der Waals surface area contributed by atoms with E-state index in [2.05, 4.69) is 16.9 Å². The third-order valence-electron chi connectivity index (χ3n) is 5.50. The van der Waals surface area contributed by atoms with Crippen molar-refractivity contribution in [1.82, 2.24) is 14.7 Å². The molecule has 3 heterocycles. The summed E-state index contributed by atoms with van der Waals surface area (Å²) in [7, 11) is 1.94. The van der Waals surface area contributed by atoms with Crippen molar-refractivity contribution in [2.75, 3.05) is 31.1 Å². The summed E-state index contributed by atoms with van der Waals surface area (Å²) >= 11 is 0. The lowest BCUT2D eigenvalue weighted by Crippen LogP contribution is -2.56. The molecule has 138 valence electrons. The maximum Gasteiger partial charge on any atom is 0.253 e. The number of nitrogens with zero attached hydrogens (tertiary/aromatic N) is 4. The van der Waals surface area contributed by atoms with E-state index in [1.807, 2.05) is 17.9 Å². The first-order valence-corrected chi connectivity index (χ1v) is 8.85. The highest BCUT2D eigenvalue weighted by Crippen LogP contribution is 2.33. The first kappa shape index (κ1) is 17.2. The third kappa shape index (κ3) is 3.12. The molecule has 0 radical (unpaired) electrons. The van der Waals surface area contributed by atoms with Crippen LogP contribution in [0.1, 0.15) is 17.7 Å². The molecule has 2 aliphatic rings. The van der Waals surface area contributed by atoms with E-state index in [4.69, 9.17) is 4.74 Å². The lowest BCUT2D eigenvalue weighted by Gasteiger charge is -2.40. The van der Waals surface area contributed by atoms with Gasteiger partial charge in [0.15, 0.2) is 0 Å². The molecule has 4 rings (SSSR count). The first-order valence-electron chi connectivity index (χ1n) is 8.85. The number of morpholine rings is 1. The minimum atomic E-state index is -0.393. The van der Waals surface area contributed by atoms with Crippen LogP contribution < -0.4 is 4.90 Å². The Balaban J connectivity index is 1.49. The van der Waals surface area contributed by atoms with Gasteiger partial charge in [0, 0.05) is 43.6 Å². The number of halogens is 1. The number of anilines is 1. The second-order valence-electron chi connectivity index (χ2n) is 7.27. The summed E-state index contributed by atoms with van der Waals surface area (Å²) in [5.74, 6) is -0.460. The molecule has 26 heavy (non-hydrogen) atoms. The van der Waals surface area contributed by atoms with E-state index in [1.54, 1.807) is 17.0 Å². The number of likely N-dealkylation sites (tertiary alicyclic amines) is 1. The van der Waals surface area contributed by atoms with Crippen molar-refractivity contribution in [2.24, 2.45) is 7.05 Å². The summed E-state index contributed by atoms with van der Waals surface area (Å²) in [5, 5.41) is 4.30. The van der Waals surface area contributed by atoms with Crippen LogP contribution >= 0.6 is 0 Å². The molecule has 0 aliphatic carbocycles. The van der Waals surface area contributed by atoms with Crippen LogP contribution in [0.3, 0.4) is 0 Å². The van der Waals surface area contributed by atoms with Gasteiger partial charge in [-0.2, -0.15) is 5.10 Å². The van der Waals surface area contributed by atoms with Crippen molar-refractivity contribution in [3.05, 3.63) is 47.5 Å². The van der Waals surface area contributed by atoms with Gasteiger partial charge in [0.05, 0.1) is 12.7 Å². The van der Waals surface area contributed by atoms with Crippen LogP contribution in [-0.2, 0) is 23.1 Å². The van der Waals surface area contributed by atoms with Crippen LogP contribution in [0.2, 0.25) is 0 Å². The maximum atomic E-state index is 13.6. The standard InChI is InChI=1S/C19H23FN4O2/c1-14-15(9-21-22(14)2)10-23-7-6-19(12-23)13-24(18(25)11-26-19)17-5-3-4-16(20)8-17/h3-5,8-9H,6-7,10-13H2,1-2H3. The lowest BCUT2D eigenvalue weighted by molar-refractivity contribution is -0.137. The zero-order valence-corrected chi connectivity index (χ0v) is 15.1. The number of carbonyl (C=O) groups excluding carboxylic acids is 1. The number of aromatic nitrogens is 2. The maximum absolute atomic E-state index is 13.6. The van der Waals surface area contributed by atoms with Crippen molar-refractivity contribution < 1.29 is 13.9 Å². The highest BCUT2D eigenvalue weighted by Gasteiger charge is 2.45. The van der Waals surface area contributed by atoms with Gasteiger partial charge in [-0.25, -0.2) is 4.39 Å². The Morgan fingerprint density at radius 1 is 1.35 bits per heavy atom. The van der Waals surface area contributed by atoms with E-state index in [-0.39, 0.29) is 18.3 Å². The quantitative estimate of drug-likeness (QED) is 0.841. The number of hydrogen-bond acceptors (Lipinski definition) is 4. The largest absolute Gasteiger partial charge is 0.362 e. The average Bonchev–Trinajstić information content (AvgIpc) is 3.16. The summed E-state index contributed by atoms with van der Waals surface area (Å²) in [6, 6.07) is 6.19. The molecule has 1 spiro atoms. The van der Waals surface area contributed by atoms with Crippen LogP contribution in [0.25, 0.3) is 0 Å². The van der Waals surface area contributed by atoms with Gasteiger partial charge in [0.1, 0.15) is 18.0 Å². The lowest BCUT2D eigenvalue weighted by atomic mass is 10.00. The summed E-state index contributed by atoms with van der Waals surface area (Å²) in [6.45, 7) is 5.03. The second kappa shape index (κ2) is 6.48. The molecule has 1 aromatic carbocycles. The topological polar surface area (TPSA) is 50.6 Å². The molecule has 2 fully saturated rings. The summed E-state index contributed by atoms with van der Waals surface area (Å²) in [6.07, 6.45) is 2.76. The Hall–Kier alpha value is -2.25. The zero-order valence-electron chi connectivity index (χ0n) is 15.1. The molecule has 0 bridgehead atoms. The van der Waals surface area contributed by atoms with E-state index < -0.39 is 5.60 Å². The van der Waals surface area contributed by atoms with Crippen molar-refractivity contribution in [3.8, 4) is 0 Å². The number of amides is 1. The molecule has 0 N–H and O–H groups in total. The van der Waals surface area contributed by atoms with Crippen molar-refractivity contribution in [3.63, 3.8) is 0 Å². The number of ether oxygens (including phenoxy) is 1. The molecule has 1 atom stereocenters. The fraction of sp³-hybridized carbons (Fsp3) is 0.474. The van der Waals surface area contributed by atoms with Gasteiger partial charge in [-0.05, 0) is 31.5 Å². The van der Waals surface area contributed by atoms with E-state index in [0.717, 1.165) is 31.7 Å². The number of aryl methyl sites for hydroxylation is 1. The van der Waals surface area contributed by atoms with Crippen molar-refractivity contribution >= 4 is 11.6 Å². The number of hydrogen-bond donors (Lipinski definition) is 0. The molecular formula is C19H23FN4O2. The molecular weight excluding hydrogens is 335 g/mol. The zero-order chi connectivity index (χ0) is 18.3. The smallest absolute Gasteiger partial charge is 0.253 e. The third-order valence-corrected chi connectivity index (χ3v) is 5.50.